The topological polar surface area (TPSA) is 29.5 Å². The predicted octanol–water partition coefficient (Wildman–Crippen LogP) is 3.76. The molecule has 2 aliphatic rings. The summed E-state index contributed by atoms with van der Waals surface area (Å²) in [7, 11) is 0. The summed E-state index contributed by atoms with van der Waals surface area (Å²) in [6.45, 7) is 2.96. The summed E-state index contributed by atoms with van der Waals surface area (Å²) in [6, 6.07) is 7.57. The van der Waals surface area contributed by atoms with Gasteiger partial charge in [-0.1, -0.05) is 24.1 Å². The highest BCUT2D eigenvalue weighted by Gasteiger charge is 2.33. The molecule has 0 N–H and O–H groups in total. The largest absolute Gasteiger partial charge is 0.462 e. The fourth-order valence-electron chi connectivity index (χ4n) is 3.65. The highest BCUT2D eigenvalue weighted by Crippen LogP contribution is 2.31. The van der Waals surface area contributed by atoms with Crippen LogP contribution < -0.4 is 0 Å². The van der Waals surface area contributed by atoms with E-state index in [0.29, 0.717) is 29.2 Å². The van der Waals surface area contributed by atoms with Crippen LogP contribution in [0.4, 0.5) is 0 Å². The monoisotopic (exact) mass is 307 g/mol. The summed E-state index contributed by atoms with van der Waals surface area (Å²) in [5.41, 5.74) is 0.541. The maximum absolute atomic E-state index is 12.1. The number of hydrogen-bond acceptors (Lipinski definition) is 3. The molecule has 2 heterocycles. The molecule has 2 aliphatic heterocycles. The van der Waals surface area contributed by atoms with Gasteiger partial charge < -0.3 is 4.74 Å². The van der Waals surface area contributed by atoms with Crippen LogP contribution in [0, 0.1) is 5.92 Å². The van der Waals surface area contributed by atoms with Crippen molar-refractivity contribution in [2.24, 2.45) is 5.92 Å². The van der Waals surface area contributed by atoms with Crippen molar-refractivity contribution in [1.82, 2.24) is 4.90 Å². The number of carbonyl (C=O) groups excluding carboxylic acids is 1. The number of rotatable bonds is 3. The molecule has 0 unspecified atom stereocenters. The van der Waals surface area contributed by atoms with Crippen molar-refractivity contribution in [1.29, 1.82) is 0 Å². The molecule has 0 aromatic heterocycles. The molecule has 0 aliphatic carbocycles. The van der Waals surface area contributed by atoms with Crippen molar-refractivity contribution in [3.63, 3.8) is 0 Å². The molecule has 1 aromatic rings. The second-order valence-corrected chi connectivity index (χ2v) is 6.55. The first-order valence-electron chi connectivity index (χ1n) is 7.91. The molecule has 21 heavy (non-hydrogen) atoms. The summed E-state index contributed by atoms with van der Waals surface area (Å²) in [4.78, 5) is 14.7. The second kappa shape index (κ2) is 6.80. The minimum absolute atomic E-state index is 0.259. The number of esters is 1. The number of halogens is 1. The number of piperidine rings is 2. The molecule has 0 amide bonds. The van der Waals surface area contributed by atoms with Gasteiger partial charge in [0.15, 0.2) is 0 Å². The molecule has 0 radical (unpaired) electrons. The van der Waals surface area contributed by atoms with Crippen LogP contribution >= 0.6 is 11.6 Å². The molecule has 114 valence electrons. The first-order valence-corrected chi connectivity index (χ1v) is 8.28. The van der Waals surface area contributed by atoms with Gasteiger partial charge in [0.25, 0.3) is 0 Å². The maximum atomic E-state index is 12.1. The molecule has 2 atom stereocenters. The zero-order valence-corrected chi connectivity index (χ0v) is 13.0. The summed E-state index contributed by atoms with van der Waals surface area (Å²) in [6.07, 6.45) is 6.25. The van der Waals surface area contributed by atoms with Crippen LogP contribution in [0.25, 0.3) is 0 Å². The average Bonchev–Trinajstić information content (AvgIpc) is 2.52. The van der Waals surface area contributed by atoms with Gasteiger partial charge in [-0.15, -0.1) is 0 Å². The van der Waals surface area contributed by atoms with Crippen LogP contribution in [0.5, 0.6) is 0 Å². The zero-order chi connectivity index (χ0) is 14.7. The molecular weight excluding hydrogens is 286 g/mol. The number of fused-ring (bicyclic) bond motifs is 1. The summed E-state index contributed by atoms with van der Waals surface area (Å²) < 4.78 is 5.55. The van der Waals surface area contributed by atoms with Gasteiger partial charge in [-0.2, -0.15) is 0 Å². The fourth-order valence-corrected chi connectivity index (χ4v) is 3.84. The first kappa shape index (κ1) is 14.9. The quantitative estimate of drug-likeness (QED) is 0.796. The lowest BCUT2D eigenvalue weighted by Crippen LogP contribution is -2.49. The second-order valence-electron chi connectivity index (χ2n) is 6.11. The third-order valence-corrected chi connectivity index (χ3v) is 4.95. The van der Waals surface area contributed by atoms with Crippen LogP contribution in [0.15, 0.2) is 24.3 Å². The van der Waals surface area contributed by atoms with Crippen LogP contribution in [-0.2, 0) is 4.74 Å². The van der Waals surface area contributed by atoms with Gasteiger partial charge in [-0.3, -0.25) is 4.90 Å². The van der Waals surface area contributed by atoms with Gasteiger partial charge in [0, 0.05) is 17.0 Å². The Kier molecular flexibility index (Phi) is 4.81. The predicted molar refractivity (Wildman–Crippen MR) is 83.7 cm³/mol. The number of nitrogens with zero attached hydrogens (tertiary/aromatic N) is 1. The van der Waals surface area contributed by atoms with E-state index in [1.54, 1.807) is 24.3 Å². The van der Waals surface area contributed by atoms with E-state index in [2.05, 4.69) is 4.90 Å². The van der Waals surface area contributed by atoms with Crippen LogP contribution in [0.2, 0.25) is 5.02 Å². The van der Waals surface area contributed by atoms with E-state index in [1.165, 1.54) is 45.2 Å². The highest BCUT2D eigenvalue weighted by molar-refractivity contribution is 6.30. The Labute approximate surface area is 131 Å². The van der Waals surface area contributed by atoms with Crippen molar-refractivity contribution in [2.45, 2.75) is 38.1 Å². The van der Waals surface area contributed by atoms with Crippen LogP contribution in [0.1, 0.15) is 42.5 Å². The summed E-state index contributed by atoms with van der Waals surface area (Å²) in [5.74, 6) is 0.229. The molecule has 0 saturated carbocycles. The molecule has 3 rings (SSSR count). The van der Waals surface area contributed by atoms with E-state index in [-0.39, 0.29) is 5.97 Å². The van der Waals surface area contributed by atoms with E-state index in [9.17, 15) is 4.79 Å². The third kappa shape index (κ3) is 3.58. The van der Waals surface area contributed by atoms with Crippen molar-refractivity contribution in [3.8, 4) is 0 Å². The lowest BCUT2D eigenvalue weighted by molar-refractivity contribution is 0.00739. The normalized spacial score (nSPS) is 26.1. The molecule has 1 aromatic carbocycles. The van der Waals surface area contributed by atoms with Gasteiger partial charge in [0.2, 0.25) is 0 Å². The molecule has 0 spiro atoms. The van der Waals surface area contributed by atoms with Gasteiger partial charge >= 0.3 is 5.97 Å². The van der Waals surface area contributed by atoms with Crippen molar-refractivity contribution >= 4 is 17.6 Å². The summed E-state index contributed by atoms with van der Waals surface area (Å²) >= 11 is 5.91. The minimum atomic E-state index is -0.259. The molecule has 2 saturated heterocycles. The van der Waals surface area contributed by atoms with Crippen molar-refractivity contribution in [2.75, 3.05) is 19.7 Å². The third-order valence-electron chi connectivity index (χ3n) is 4.72. The van der Waals surface area contributed by atoms with E-state index in [0.717, 1.165) is 0 Å². The zero-order valence-electron chi connectivity index (χ0n) is 12.3. The van der Waals surface area contributed by atoms with E-state index in [1.807, 2.05) is 0 Å². The SMILES string of the molecule is O=C(OC[C@@H]1CCCN2CCCC[C@@H]12)c1cccc(Cl)c1. The van der Waals surface area contributed by atoms with Gasteiger partial charge in [-0.05, 0) is 57.0 Å². The maximum Gasteiger partial charge on any atom is 0.338 e. The Hall–Kier alpha value is -1.06. The lowest BCUT2D eigenvalue weighted by Gasteiger charge is -2.44. The number of benzene rings is 1. The van der Waals surface area contributed by atoms with Crippen LogP contribution in [0.3, 0.4) is 0 Å². The highest BCUT2D eigenvalue weighted by atomic mass is 35.5. The molecule has 4 heteroatoms. The van der Waals surface area contributed by atoms with E-state index < -0.39 is 0 Å². The van der Waals surface area contributed by atoms with Gasteiger partial charge in [0.05, 0.1) is 12.2 Å². The van der Waals surface area contributed by atoms with Gasteiger partial charge in [0.1, 0.15) is 0 Å². The smallest absolute Gasteiger partial charge is 0.338 e. The van der Waals surface area contributed by atoms with Crippen molar-refractivity contribution < 1.29 is 9.53 Å². The van der Waals surface area contributed by atoms with E-state index in [4.69, 9.17) is 16.3 Å². The minimum Gasteiger partial charge on any atom is -0.462 e. The van der Waals surface area contributed by atoms with Gasteiger partial charge in [-0.25, -0.2) is 4.79 Å². The Morgan fingerprint density at radius 1 is 1.24 bits per heavy atom. The lowest BCUT2D eigenvalue weighted by atomic mass is 9.84. The van der Waals surface area contributed by atoms with Crippen molar-refractivity contribution in [3.05, 3.63) is 34.9 Å². The number of hydrogen-bond donors (Lipinski definition) is 0. The number of ether oxygens (including phenoxy) is 1. The molecule has 3 nitrogen and oxygen atoms in total. The Balaban J connectivity index is 1.57. The number of carbonyl (C=O) groups is 1. The van der Waals surface area contributed by atoms with E-state index >= 15 is 0 Å². The first-order chi connectivity index (χ1) is 10.2. The molecule has 2 fully saturated rings. The average molecular weight is 308 g/mol. The molecular formula is C17H22ClNO2. The Morgan fingerprint density at radius 2 is 2.10 bits per heavy atom. The molecule has 0 bridgehead atoms. The Bertz CT molecular complexity index is 503. The van der Waals surface area contributed by atoms with Crippen LogP contribution in [-0.4, -0.2) is 36.6 Å². The fraction of sp³-hybridized carbons (Fsp3) is 0.588. The standard InChI is InChI=1S/C17H22ClNO2/c18-15-7-3-5-13(11-15)17(20)21-12-14-6-4-10-19-9-2-1-8-16(14)19/h3,5,7,11,14,16H,1-2,4,6,8-10,12H2/t14-,16-/m0/s1. The summed E-state index contributed by atoms with van der Waals surface area (Å²) in [5, 5.41) is 0.570. The Morgan fingerprint density at radius 3 is 2.95 bits per heavy atom.